The molecule has 0 aliphatic heterocycles. The Kier molecular flexibility index (Phi) is 2.46. The monoisotopic (exact) mass is 215 g/mol. The van der Waals surface area contributed by atoms with Gasteiger partial charge in [0, 0.05) is 17.4 Å². The Morgan fingerprint density at radius 1 is 1.19 bits per heavy atom. The number of anilines is 1. The number of nitrogen functional groups attached to an aromatic ring is 1. The zero-order valence-electron chi connectivity index (χ0n) is 9.94. The third-order valence-electron chi connectivity index (χ3n) is 2.46. The highest BCUT2D eigenvalue weighted by molar-refractivity contribution is 5.64. The fourth-order valence-corrected chi connectivity index (χ4v) is 1.75. The van der Waals surface area contributed by atoms with Gasteiger partial charge in [0.2, 0.25) is 0 Å². The van der Waals surface area contributed by atoms with E-state index in [1.807, 2.05) is 35.1 Å². The van der Waals surface area contributed by atoms with Crippen LogP contribution in [0, 0.1) is 0 Å². The first-order valence-corrected chi connectivity index (χ1v) is 5.39. The minimum absolute atomic E-state index is 0.0244. The molecular weight excluding hydrogens is 198 g/mol. The van der Waals surface area contributed by atoms with Gasteiger partial charge in [0.25, 0.3) is 0 Å². The average molecular weight is 215 g/mol. The minimum Gasteiger partial charge on any atom is -0.399 e. The quantitative estimate of drug-likeness (QED) is 0.743. The van der Waals surface area contributed by atoms with Crippen molar-refractivity contribution < 1.29 is 0 Å². The molecule has 16 heavy (non-hydrogen) atoms. The van der Waals surface area contributed by atoms with Crippen molar-refractivity contribution >= 4 is 5.69 Å². The molecule has 2 aromatic rings. The maximum absolute atomic E-state index is 5.79. The molecule has 1 heterocycles. The molecule has 0 atom stereocenters. The van der Waals surface area contributed by atoms with Crippen LogP contribution in [0.2, 0.25) is 0 Å². The van der Waals surface area contributed by atoms with Gasteiger partial charge in [-0.25, -0.2) is 0 Å². The summed E-state index contributed by atoms with van der Waals surface area (Å²) in [5.41, 5.74) is 8.75. The van der Waals surface area contributed by atoms with Crippen molar-refractivity contribution in [2.24, 2.45) is 0 Å². The Labute approximate surface area is 95.9 Å². The van der Waals surface area contributed by atoms with E-state index < -0.39 is 0 Å². The van der Waals surface area contributed by atoms with Crippen LogP contribution in [-0.4, -0.2) is 9.78 Å². The number of nitrogens with zero attached hydrogens (tertiary/aromatic N) is 2. The Morgan fingerprint density at radius 2 is 1.94 bits per heavy atom. The summed E-state index contributed by atoms with van der Waals surface area (Å²) in [6.07, 6.45) is 1.82. The Balaban J connectivity index is 2.53. The summed E-state index contributed by atoms with van der Waals surface area (Å²) >= 11 is 0. The number of hydrogen-bond donors (Lipinski definition) is 1. The first-order chi connectivity index (χ1) is 7.48. The van der Waals surface area contributed by atoms with Crippen molar-refractivity contribution in [3.05, 3.63) is 36.5 Å². The molecule has 2 N–H and O–H groups in total. The molecule has 0 amide bonds. The fraction of sp³-hybridized carbons (Fsp3) is 0.308. The normalized spacial score (nSPS) is 11.7. The van der Waals surface area contributed by atoms with Crippen molar-refractivity contribution in [2.75, 3.05) is 5.73 Å². The number of aromatic nitrogens is 2. The van der Waals surface area contributed by atoms with Crippen LogP contribution < -0.4 is 5.73 Å². The van der Waals surface area contributed by atoms with Gasteiger partial charge < -0.3 is 5.73 Å². The van der Waals surface area contributed by atoms with E-state index in [0.717, 1.165) is 16.9 Å². The van der Waals surface area contributed by atoms with Crippen molar-refractivity contribution in [2.45, 2.75) is 26.3 Å². The number of benzene rings is 1. The number of hydrogen-bond acceptors (Lipinski definition) is 2. The highest BCUT2D eigenvalue weighted by atomic mass is 15.3. The molecule has 0 spiro atoms. The van der Waals surface area contributed by atoms with Crippen LogP contribution >= 0.6 is 0 Å². The highest BCUT2D eigenvalue weighted by Crippen LogP contribution is 2.25. The van der Waals surface area contributed by atoms with E-state index in [2.05, 4.69) is 31.9 Å². The maximum atomic E-state index is 5.79. The predicted molar refractivity (Wildman–Crippen MR) is 67.1 cm³/mol. The fourth-order valence-electron chi connectivity index (χ4n) is 1.75. The molecular formula is C13H17N3. The molecule has 1 aromatic carbocycles. The zero-order valence-corrected chi connectivity index (χ0v) is 9.94. The van der Waals surface area contributed by atoms with Crippen molar-refractivity contribution in [1.29, 1.82) is 0 Å². The summed E-state index contributed by atoms with van der Waals surface area (Å²) in [5.74, 6) is 0. The van der Waals surface area contributed by atoms with E-state index >= 15 is 0 Å². The van der Waals surface area contributed by atoms with E-state index in [-0.39, 0.29) is 5.54 Å². The molecule has 0 unspecified atom stereocenters. The molecule has 0 radical (unpaired) electrons. The second-order valence-electron chi connectivity index (χ2n) is 4.92. The van der Waals surface area contributed by atoms with Gasteiger partial charge in [0.05, 0.1) is 11.2 Å². The molecule has 0 bridgehead atoms. The Hall–Kier alpha value is -1.77. The Morgan fingerprint density at radius 3 is 2.56 bits per heavy atom. The predicted octanol–water partition coefficient (Wildman–Crippen LogP) is 2.89. The van der Waals surface area contributed by atoms with Crippen molar-refractivity contribution in [1.82, 2.24) is 9.78 Å². The first-order valence-electron chi connectivity index (χ1n) is 5.39. The maximum Gasteiger partial charge on any atom is 0.0689 e. The lowest BCUT2D eigenvalue weighted by Crippen LogP contribution is -2.23. The lowest BCUT2D eigenvalue weighted by molar-refractivity contribution is 0.360. The summed E-state index contributed by atoms with van der Waals surface area (Å²) in [6, 6.07) is 9.89. The average Bonchev–Trinajstić information content (AvgIpc) is 2.65. The van der Waals surface area contributed by atoms with Gasteiger partial charge in [-0.2, -0.15) is 5.10 Å². The third kappa shape index (κ3) is 1.94. The van der Waals surface area contributed by atoms with Crippen LogP contribution in [0.4, 0.5) is 5.69 Å². The lowest BCUT2D eigenvalue weighted by Gasteiger charge is -2.22. The van der Waals surface area contributed by atoms with Crippen molar-refractivity contribution in [3.63, 3.8) is 0 Å². The van der Waals surface area contributed by atoms with Crippen molar-refractivity contribution in [3.8, 4) is 11.3 Å². The smallest absolute Gasteiger partial charge is 0.0689 e. The van der Waals surface area contributed by atoms with Crippen LogP contribution in [0.1, 0.15) is 20.8 Å². The molecule has 0 aliphatic rings. The molecule has 0 saturated heterocycles. The molecule has 3 nitrogen and oxygen atoms in total. The van der Waals surface area contributed by atoms with Gasteiger partial charge in [0.15, 0.2) is 0 Å². The van der Waals surface area contributed by atoms with Gasteiger partial charge in [-0.1, -0.05) is 12.1 Å². The molecule has 2 rings (SSSR count). The third-order valence-corrected chi connectivity index (χ3v) is 2.46. The summed E-state index contributed by atoms with van der Waals surface area (Å²) in [4.78, 5) is 0. The second kappa shape index (κ2) is 3.67. The first kappa shape index (κ1) is 10.7. The molecule has 84 valence electrons. The van der Waals surface area contributed by atoms with Crippen LogP contribution in [0.15, 0.2) is 36.5 Å². The van der Waals surface area contributed by atoms with E-state index in [1.165, 1.54) is 0 Å². The minimum atomic E-state index is -0.0244. The van der Waals surface area contributed by atoms with E-state index in [4.69, 9.17) is 5.73 Å². The van der Waals surface area contributed by atoms with Crippen LogP contribution in [0.5, 0.6) is 0 Å². The summed E-state index contributed by atoms with van der Waals surface area (Å²) in [7, 11) is 0. The zero-order chi connectivity index (χ0) is 11.8. The molecule has 1 aromatic heterocycles. The number of rotatable bonds is 1. The molecule has 0 fully saturated rings. The van der Waals surface area contributed by atoms with E-state index in [0.29, 0.717) is 0 Å². The standard InChI is InChI=1S/C13H17N3/c1-13(2,3)16-12(7-8-15-16)10-5-4-6-11(14)9-10/h4-9H,14H2,1-3H3. The SMILES string of the molecule is CC(C)(C)n1nccc1-c1cccc(N)c1. The van der Waals surface area contributed by atoms with Gasteiger partial charge in [-0.05, 0) is 39.0 Å². The highest BCUT2D eigenvalue weighted by Gasteiger charge is 2.17. The van der Waals surface area contributed by atoms with Gasteiger partial charge in [0.1, 0.15) is 0 Å². The number of nitrogens with two attached hydrogens (primary N) is 1. The summed E-state index contributed by atoms with van der Waals surface area (Å²) in [5, 5.41) is 4.37. The van der Waals surface area contributed by atoms with Crippen LogP contribution in [0.25, 0.3) is 11.3 Å². The van der Waals surface area contributed by atoms with E-state index in [1.54, 1.807) is 0 Å². The Bertz CT molecular complexity index is 492. The van der Waals surface area contributed by atoms with Crippen LogP contribution in [-0.2, 0) is 5.54 Å². The largest absolute Gasteiger partial charge is 0.399 e. The lowest BCUT2D eigenvalue weighted by atomic mass is 10.1. The van der Waals surface area contributed by atoms with Crippen LogP contribution in [0.3, 0.4) is 0 Å². The molecule has 0 saturated carbocycles. The summed E-state index contributed by atoms with van der Waals surface area (Å²) in [6.45, 7) is 6.40. The van der Waals surface area contributed by atoms with Gasteiger partial charge >= 0.3 is 0 Å². The van der Waals surface area contributed by atoms with Gasteiger partial charge in [-0.15, -0.1) is 0 Å². The molecule has 3 heteroatoms. The van der Waals surface area contributed by atoms with E-state index in [9.17, 15) is 0 Å². The topological polar surface area (TPSA) is 43.8 Å². The molecule has 0 aliphatic carbocycles. The van der Waals surface area contributed by atoms with Gasteiger partial charge in [-0.3, -0.25) is 4.68 Å². The second-order valence-corrected chi connectivity index (χ2v) is 4.92. The summed E-state index contributed by atoms with van der Waals surface area (Å²) < 4.78 is 2.02.